The highest BCUT2D eigenvalue weighted by molar-refractivity contribution is 7.08. The maximum Gasteiger partial charge on any atom is 0.0966 e. The van der Waals surface area contributed by atoms with Gasteiger partial charge in [-0.1, -0.05) is 0 Å². The lowest BCUT2D eigenvalue weighted by molar-refractivity contribution is 0.496. The summed E-state index contributed by atoms with van der Waals surface area (Å²) >= 11 is 1.75. The van der Waals surface area contributed by atoms with Crippen molar-refractivity contribution in [2.24, 2.45) is 0 Å². The van der Waals surface area contributed by atoms with Gasteiger partial charge in [0.25, 0.3) is 0 Å². The van der Waals surface area contributed by atoms with Crippen LogP contribution < -0.4 is 0 Å². The summed E-state index contributed by atoms with van der Waals surface area (Å²) in [5, 5.41) is 9.21. The molecule has 90 valence electrons. The largest absolute Gasteiger partial charge is 0.266 e. The second kappa shape index (κ2) is 4.30. The molecular weight excluding hydrogens is 228 g/mol. The van der Waals surface area contributed by atoms with Crippen molar-refractivity contribution in [3.63, 3.8) is 0 Å². The molecule has 0 fully saturated rings. The van der Waals surface area contributed by atoms with Crippen molar-refractivity contribution in [3.05, 3.63) is 28.1 Å². The molecule has 0 aliphatic heterocycles. The molecule has 0 bridgehead atoms. The molecule has 0 saturated carbocycles. The Morgan fingerprint density at radius 3 is 2.82 bits per heavy atom. The van der Waals surface area contributed by atoms with E-state index in [2.05, 4.69) is 35.4 Å². The first kappa shape index (κ1) is 11.0. The molecule has 0 amide bonds. The standard InChI is InChI=1S/C14H18N2S/c1-10(2)16-13-6-4-3-5-12(13)14(15-16)11-7-8-17-9-11/h7-10H,3-6H2,1-2H3. The van der Waals surface area contributed by atoms with E-state index in [4.69, 9.17) is 5.10 Å². The fourth-order valence-electron chi connectivity index (χ4n) is 2.68. The third-order valence-electron chi connectivity index (χ3n) is 3.49. The van der Waals surface area contributed by atoms with Gasteiger partial charge in [0.05, 0.1) is 5.69 Å². The summed E-state index contributed by atoms with van der Waals surface area (Å²) in [4.78, 5) is 0. The molecule has 3 rings (SSSR count). The summed E-state index contributed by atoms with van der Waals surface area (Å²) < 4.78 is 2.24. The summed E-state index contributed by atoms with van der Waals surface area (Å²) in [6.45, 7) is 4.44. The van der Waals surface area contributed by atoms with Crippen LogP contribution in [-0.4, -0.2) is 9.78 Å². The van der Waals surface area contributed by atoms with Gasteiger partial charge >= 0.3 is 0 Å². The van der Waals surface area contributed by atoms with E-state index in [0.29, 0.717) is 6.04 Å². The van der Waals surface area contributed by atoms with Crippen LogP contribution in [0.25, 0.3) is 11.3 Å². The molecule has 0 atom stereocenters. The highest BCUT2D eigenvalue weighted by Gasteiger charge is 2.22. The van der Waals surface area contributed by atoms with E-state index in [9.17, 15) is 0 Å². The predicted molar refractivity (Wildman–Crippen MR) is 72.6 cm³/mol. The Labute approximate surface area is 106 Å². The van der Waals surface area contributed by atoms with Crippen LogP contribution in [0.4, 0.5) is 0 Å². The van der Waals surface area contributed by atoms with E-state index in [1.54, 1.807) is 11.3 Å². The maximum absolute atomic E-state index is 4.86. The van der Waals surface area contributed by atoms with Crippen LogP contribution in [0.2, 0.25) is 0 Å². The predicted octanol–water partition coefficient (Wildman–Crippen LogP) is 4.07. The van der Waals surface area contributed by atoms with Gasteiger partial charge in [0, 0.05) is 28.2 Å². The Morgan fingerprint density at radius 1 is 1.29 bits per heavy atom. The van der Waals surface area contributed by atoms with Gasteiger partial charge in [0.2, 0.25) is 0 Å². The monoisotopic (exact) mass is 246 g/mol. The Bertz CT molecular complexity index is 509. The molecule has 1 aliphatic carbocycles. The molecule has 0 aromatic carbocycles. The number of thiophene rings is 1. The quantitative estimate of drug-likeness (QED) is 0.781. The zero-order valence-corrected chi connectivity index (χ0v) is 11.3. The average Bonchev–Trinajstić information content (AvgIpc) is 2.95. The maximum atomic E-state index is 4.86. The Kier molecular flexibility index (Phi) is 2.79. The second-order valence-electron chi connectivity index (χ2n) is 5.03. The minimum atomic E-state index is 0.467. The molecule has 1 aliphatic rings. The molecule has 0 unspecified atom stereocenters. The summed E-state index contributed by atoms with van der Waals surface area (Å²) in [5.74, 6) is 0. The van der Waals surface area contributed by atoms with E-state index in [0.717, 1.165) is 0 Å². The number of hydrogen-bond donors (Lipinski definition) is 0. The number of fused-ring (bicyclic) bond motifs is 1. The van der Waals surface area contributed by atoms with E-state index in [1.165, 1.54) is 48.2 Å². The van der Waals surface area contributed by atoms with Gasteiger partial charge in [-0.25, -0.2) is 0 Å². The number of nitrogens with zero attached hydrogens (tertiary/aromatic N) is 2. The highest BCUT2D eigenvalue weighted by atomic mass is 32.1. The van der Waals surface area contributed by atoms with Gasteiger partial charge in [0.15, 0.2) is 0 Å². The van der Waals surface area contributed by atoms with E-state index in [1.807, 2.05) is 0 Å². The van der Waals surface area contributed by atoms with Gasteiger partial charge in [-0.3, -0.25) is 4.68 Å². The smallest absolute Gasteiger partial charge is 0.0966 e. The van der Waals surface area contributed by atoms with E-state index < -0.39 is 0 Å². The van der Waals surface area contributed by atoms with Crippen LogP contribution >= 0.6 is 11.3 Å². The van der Waals surface area contributed by atoms with Gasteiger partial charge in [-0.15, -0.1) is 0 Å². The fourth-order valence-corrected chi connectivity index (χ4v) is 3.32. The van der Waals surface area contributed by atoms with Crippen LogP contribution in [0.1, 0.15) is 44.0 Å². The lowest BCUT2D eigenvalue weighted by Gasteiger charge is -2.16. The second-order valence-corrected chi connectivity index (χ2v) is 5.81. The van der Waals surface area contributed by atoms with Crippen molar-refractivity contribution in [2.45, 2.75) is 45.6 Å². The molecule has 3 heteroatoms. The summed E-state index contributed by atoms with van der Waals surface area (Å²) in [6, 6.07) is 2.65. The molecule has 0 saturated heterocycles. The van der Waals surface area contributed by atoms with Crippen LogP contribution in [0.3, 0.4) is 0 Å². The molecule has 0 N–H and O–H groups in total. The number of hydrogen-bond acceptors (Lipinski definition) is 2. The van der Waals surface area contributed by atoms with Gasteiger partial charge in [-0.2, -0.15) is 16.4 Å². The number of rotatable bonds is 2. The molecule has 2 heterocycles. The van der Waals surface area contributed by atoms with Crippen molar-refractivity contribution in [1.82, 2.24) is 9.78 Å². The first-order valence-corrected chi connectivity index (χ1v) is 7.34. The summed E-state index contributed by atoms with van der Waals surface area (Å²) in [7, 11) is 0. The fraction of sp³-hybridized carbons (Fsp3) is 0.500. The lowest BCUT2D eigenvalue weighted by Crippen LogP contribution is -2.11. The molecule has 17 heavy (non-hydrogen) atoms. The lowest BCUT2D eigenvalue weighted by atomic mass is 9.94. The normalized spacial score (nSPS) is 15.2. The molecular formula is C14H18N2S. The van der Waals surface area contributed by atoms with Crippen LogP contribution in [0, 0.1) is 0 Å². The molecule has 2 aromatic rings. The SMILES string of the molecule is CC(C)n1nc(-c2ccsc2)c2c1CCCC2. The van der Waals surface area contributed by atoms with E-state index >= 15 is 0 Å². The molecule has 2 aromatic heterocycles. The van der Waals surface area contributed by atoms with Gasteiger partial charge < -0.3 is 0 Å². The Morgan fingerprint density at radius 2 is 2.12 bits per heavy atom. The minimum Gasteiger partial charge on any atom is -0.266 e. The van der Waals surface area contributed by atoms with Crippen molar-refractivity contribution >= 4 is 11.3 Å². The zero-order valence-electron chi connectivity index (χ0n) is 10.4. The van der Waals surface area contributed by atoms with Crippen molar-refractivity contribution < 1.29 is 0 Å². The summed E-state index contributed by atoms with van der Waals surface area (Å²) in [6.07, 6.45) is 5.03. The topological polar surface area (TPSA) is 17.8 Å². The molecule has 2 nitrogen and oxygen atoms in total. The van der Waals surface area contributed by atoms with Crippen LogP contribution in [0.5, 0.6) is 0 Å². The van der Waals surface area contributed by atoms with Crippen molar-refractivity contribution in [1.29, 1.82) is 0 Å². The van der Waals surface area contributed by atoms with Crippen LogP contribution in [-0.2, 0) is 12.8 Å². The number of aromatic nitrogens is 2. The van der Waals surface area contributed by atoms with Crippen molar-refractivity contribution in [2.75, 3.05) is 0 Å². The Hall–Kier alpha value is -1.09. The third-order valence-corrected chi connectivity index (χ3v) is 4.18. The first-order chi connectivity index (χ1) is 8.27. The van der Waals surface area contributed by atoms with Gasteiger partial charge in [0.1, 0.15) is 0 Å². The third kappa shape index (κ3) is 1.82. The molecule has 0 radical (unpaired) electrons. The molecule has 0 spiro atoms. The Balaban J connectivity index is 2.16. The highest BCUT2D eigenvalue weighted by Crippen LogP contribution is 2.33. The zero-order chi connectivity index (χ0) is 11.8. The van der Waals surface area contributed by atoms with Crippen LogP contribution in [0.15, 0.2) is 16.8 Å². The minimum absolute atomic E-state index is 0.467. The summed E-state index contributed by atoms with van der Waals surface area (Å²) in [5.41, 5.74) is 5.51. The average molecular weight is 246 g/mol. The van der Waals surface area contributed by atoms with Crippen molar-refractivity contribution in [3.8, 4) is 11.3 Å². The van der Waals surface area contributed by atoms with E-state index in [-0.39, 0.29) is 0 Å². The van der Waals surface area contributed by atoms with Gasteiger partial charge in [-0.05, 0) is 51.0 Å². The first-order valence-electron chi connectivity index (χ1n) is 6.40.